The summed E-state index contributed by atoms with van der Waals surface area (Å²) in [5.41, 5.74) is 0.280. The Labute approximate surface area is 131 Å². The average molecular weight is 296 g/mol. The van der Waals surface area contributed by atoms with E-state index in [1.807, 2.05) is 0 Å². The highest BCUT2D eigenvalue weighted by Crippen LogP contribution is 2.42. The van der Waals surface area contributed by atoms with Crippen molar-refractivity contribution in [2.24, 2.45) is 17.3 Å². The van der Waals surface area contributed by atoms with Crippen LogP contribution in [0.15, 0.2) is 0 Å². The van der Waals surface area contributed by atoms with Gasteiger partial charge >= 0.3 is 0 Å². The molecule has 3 unspecified atom stereocenters. The summed E-state index contributed by atoms with van der Waals surface area (Å²) in [4.78, 5) is 2.62. The van der Waals surface area contributed by atoms with E-state index in [1.54, 1.807) is 0 Å². The molecule has 3 atom stereocenters. The van der Waals surface area contributed by atoms with Crippen LogP contribution in [0.4, 0.5) is 0 Å². The topological polar surface area (TPSA) is 24.5 Å². The van der Waals surface area contributed by atoms with Gasteiger partial charge in [0.25, 0.3) is 0 Å². The van der Waals surface area contributed by atoms with Crippen molar-refractivity contribution in [2.45, 2.75) is 66.0 Å². The number of rotatable bonds is 8. The first-order valence-electron chi connectivity index (χ1n) is 8.97. The van der Waals surface area contributed by atoms with Crippen LogP contribution in [0.25, 0.3) is 0 Å². The molecular weight excluding hydrogens is 260 g/mol. The lowest BCUT2D eigenvalue weighted by Crippen LogP contribution is -2.61. The molecule has 3 nitrogen and oxygen atoms in total. The Kier molecular flexibility index (Phi) is 6.10. The Bertz CT molecular complexity index is 310. The van der Waals surface area contributed by atoms with Gasteiger partial charge in [0.1, 0.15) is 0 Å². The van der Waals surface area contributed by atoms with E-state index in [0.29, 0.717) is 18.1 Å². The van der Waals surface area contributed by atoms with Gasteiger partial charge in [0.15, 0.2) is 0 Å². The van der Waals surface area contributed by atoms with Crippen molar-refractivity contribution in [1.82, 2.24) is 10.2 Å². The first-order chi connectivity index (χ1) is 9.89. The standard InChI is InChI=1S/C18H36N2O/c1-14(2)13-21-17-10-16(18(17,4)5)19-11-15(3)12-20-8-6-7-9-20/h14-17,19H,6-13H2,1-5H3. The van der Waals surface area contributed by atoms with Crippen molar-refractivity contribution >= 4 is 0 Å². The van der Waals surface area contributed by atoms with Gasteiger partial charge in [-0.15, -0.1) is 0 Å². The molecule has 1 saturated heterocycles. The van der Waals surface area contributed by atoms with Crippen LogP contribution >= 0.6 is 0 Å². The summed E-state index contributed by atoms with van der Waals surface area (Å²) in [5, 5.41) is 3.79. The molecule has 2 aliphatic rings. The predicted molar refractivity (Wildman–Crippen MR) is 89.6 cm³/mol. The number of hydrogen-bond acceptors (Lipinski definition) is 3. The Hall–Kier alpha value is -0.120. The molecule has 0 radical (unpaired) electrons. The zero-order chi connectivity index (χ0) is 15.5. The minimum Gasteiger partial charge on any atom is -0.377 e. The third-order valence-electron chi connectivity index (χ3n) is 5.29. The van der Waals surface area contributed by atoms with Gasteiger partial charge in [-0.2, -0.15) is 0 Å². The van der Waals surface area contributed by atoms with Crippen molar-refractivity contribution in [1.29, 1.82) is 0 Å². The molecule has 1 saturated carbocycles. The fourth-order valence-electron chi connectivity index (χ4n) is 3.64. The fraction of sp³-hybridized carbons (Fsp3) is 1.00. The zero-order valence-corrected chi connectivity index (χ0v) is 14.8. The lowest BCUT2D eigenvalue weighted by molar-refractivity contribution is -0.124. The number of nitrogens with zero attached hydrogens (tertiary/aromatic N) is 1. The molecule has 0 bridgehead atoms. The van der Waals surface area contributed by atoms with E-state index in [-0.39, 0.29) is 5.41 Å². The average Bonchev–Trinajstić information content (AvgIpc) is 2.89. The third kappa shape index (κ3) is 4.67. The zero-order valence-electron chi connectivity index (χ0n) is 14.8. The highest BCUT2D eigenvalue weighted by Gasteiger charge is 2.48. The molecule has 2 rings (SSSR count). The summed E-state index contributed by atoms with van der Waals surface area (Å²) in [7, 11) is 0. The van der Waals surface area contributed by atoms with Crippen LogP contribution in [0, 0.1) is 17.3 Å². The van der Waals surface area contributed by atoms with Gasteiger partial charge in [0.05, 0.1) is 6.10 Å². The van der Waals surface area contributed by atoms with E-state index in [1.165, 1.54) is 38.9 Å². The van der Waals surface area contributed by atoms with Crippen LogP contribution in [0.2, 0.25) is 0 Å². The van der Waals surface area contributed by atoms with Gasteiger partial charge in [-0.1, -0.05) is 34.6 Å². The SMILES string of the molecule is CC(C)COC1CC(NCC(C)CN2CCCC2)C1(C)C. The Morgan fingerprint density at radius 1 is 1.19 bits per heavy atom. The molecule has 1 aliphatic heterocycles. The summed E-state index contributed by atoms with van der Waals surface area (Å²) in [5.74, 6) is 1.38. The minimum atomic E-state index is 0.280. The summed E-state index contributed by atoms with van der Waals surface area (Å²) >= 11 is 0. The maximum Gasteiger partial charge on any atom is 0.0656 e. The second-order valence-corrected chi connectivity index (χ2v) is 8.35. The normalized spacial score (nSPS) is 30.6. The molecule has 0 amide bonds. The molecule has 0 spiro atoms. The van der Waals surface area contributed by atoms with Gasteiger partial charge in [-0.05, 0) is 50.7 Å². The van der Waals surface area contributed by atoms with Gasteiger partial charge in [0.2, 0.25) is 0 Å². The largest absolute Gasteiger partial charge is 0.377 e. The quantitative estimate of drug-likeness (QED) is 0.745. The van der Waals surface area contributed by atoms with Gasteiger partial charge in [-0.3, -0.25) is 0 Å². The van der Waals surface area contributed by atoms with E-state index in [0.717, 1.165) is 19.1 Å². The summed E-state index contributed by atoms with van der Waals surface area (Å²) in [6, 6.07) is 0.621. The van der Waals surface area contributed by atoms with Gasteiger partial charge < -0.3 is 15.0 Å². The van der Waals surface area contributed by atoms with Crippen LogP contribution in [0.5, 0.6) is 0 Å². The second-order valence-electron chi connectivity index (χ2n) is 8.35. The van der Waals surface area contributed by atoms with E-state index >= 15 is 0 Å². The van der Waals surface area contributed by atoms with E-state index in [4.69, 9.17) is 4.74 Å². The molecule has 21 heavy (non-hydrogen) atoms. The number of nitrogens with one attached hydrogen (secondary N) is 1. The van der Waals surface area contributed by atoms with Crippen LogP contribution in [-0.2, 0) is 4.74 Å². The molecule has 0 aromatic carbocycles. The lowest BCUT2D eigenvalue weighted by Gasteiger charge is -2.52. The van der Waals surface area contributed by atoms with E-state index in [9.17, 15) is 0 Å². The molecule has 2 fully saturated rings. The number of ether oxygens (including phenoxy) is 1. The number of hydrogen-bond donors (Lipinski definition) is 1. The van der Waals surface area contributed by atoms with Crippen molar-refractivity contribution in [3.8, 4) is 0 Å². The first kappa shape index (κ1) is 17.2. The molecule has 1 heterocycles. The highest BCUT2D eigenvalue weighted by atomic mass is 16.5. The van der Waals surface area contributed by atoms with Crippen molar-refractivity contribution in [2.75, 3.05) is 32.8 Å². The molecule has 0 aromatic heterocycles. The molecule has 3 heteroatoms. The second kappa shape index (κ2) is 7.43. The van der Waals surface area contributed by atoms with Crippen LogP contribution in [0.3, 0.4) is 0 Å². The van der Waals surface area contributed by atoms with E-state index < -0.39 is 0 Å². The predicted octanol–water partition coefficient (Wildman–Crippen LogP) is 3.15. The first-order valence-corrected chi connectivity index (χ1v) is 8.97. The summed E-state index contributed by atoms with van der Waals surface area (Å²) in [6.45, 7) is 17.4. The van der Waals surface area contributed by atoms with Crippen LogP contribution < -0.4 is 5.32 Å². The third-order valence-corrected chi connectivity index (χ3v) is 5.29. The maximum atomic E-state index is 6.05. The van der Waals surface area contributed by atoms with Crippen molar-refractivity contribution in [3.63, 3.8) is 0 Å². The summed E-state index contributed by atoms with van der Waals surface area (Å²) in [6.07, 6.45) is 4.40. The van der Waals surface area contributed by atoms with Crippen LogP contribution in [-0.4, -0.2) is 49.8 Å². The smallest absolute Gasteiger partial charge is 0.0656 e. The Morgan fingerprint density at radius 2 is 1.86 bits per heavy atom. The summed E-state index contributed by atoms with van der Waals surface area (Å²) < 4.78 is 6.05. The Balaban J connectivity index is 1.64. The molecule has 1 aliphatic carbocycles. The molecular formula is C18H36N2O. The van der Waals surface area contributed by atoms with Gasteiger partial charge in [-0.25, -0.2) is 0 Å². The molecule has 1 N–H and O–H groups in total. The van der Waals surface area contributed by atoms with E-state index in [2.05, 4.69) is 44.8 Å². The van der Waals surface area contributed by atoms with Gasteiger partial charge in [0, 0.05) is 24.6 Å². The maximum absolute atomic E-state index is 6.05. The molecule has 124 valence electrons. The molecule has 0 aromatic rings. The highest BCUT2D eigenvalue weighted by molar-refractivity contribution is 5.02. The lowest BCUT2D eigenvalue weighted by atomic mass is 9.64. The monoisotopic (exact) mass is 296 g/mol. The fourth-order valence-corrected chi connectivity index (χ4v) is 3.64. The van der Waals surface area contributed by atoms with Crippen molar-refractivity contribution < 1.29 is 4.74 Å². The Morgan fingerprint density at radius 3 is 2.43 bits per heavy atom. The minimum absolute atomic E-state index is 0.280. The van der Waals surface area contributed by atoms with Crippen LogP contribution in [0.1, 0.15) is 53.9 Å². The number of likely N-dealkylation sites (tertiary alicyclic amines) is 1. The van der Waals surface area contributed by atoms with Crippen molar-refractivity contribution in [3.05, 3.63) is 0 Å².